The molecule has 0 aromatic heterocycles. The predicted octanol–water partition coefficient (Wildman–Crippen LogP) is 2.32. The number of likely N-dealkylation sites (tertiary alicyclic amines) is 1. The average Bonchev–Trinajstić information content (AvgIpc) is 2.41. The van der Waals surface area contributed by atoms with Crippen molar-refractivity contribution in [1.82, 2.24) is 4.90 Å². The smallest absolute Gasteiger partial charge is 0.321 e. The van der Waals surface area contributed by atoms with E-state index in [1.54, 1.807) is 4.90 Å². The number of piperidine rings is 1. The summed E-state index contributed by atoms with van der Waals surface area (Å²) in [5.74, 6) is -1.27. The Morgan fingerprint density at radius 1 is 1.37 bits per heavy atom. The minimum absolute atomic E-state index is 0.222. The second-order valence-corrected chi connectivity index (χ2v) is 4.87. The number of carbonyl (C=O) groups is 2. The van der Waals surface area contributed by atoms with Crippen LogP contribution in [0.25, 0.3) is 0 Å². The van der Waals surface area contributed by atoms with Crippen molar-refractivity contribution in [3.05, 3.63) is 29.8 Å². The molecule has 102 valence electrons. The van der Waals surface area contributed by atoms with E-state index in [-0.39, 0.29) is 12.6 Å². The van der Waals surface area contributed by atoms with Crippen LogP contribution < -0.4 is 5.32 Å². The van der Waals surface area contributed by atoms with Crippen molar-refractivity contribution in [3.63, 3.8) is 0 Å². The van der Waals surface area contributed by atoms with Gasteiger partial charge < -0.3 is 15.3 Å². The Balaban J connectivity index is 2.00. The number of para-hydroxylation sites is 1. The molecular weight excluding hydrogens is 244 g/mol. The number of carbonyl (C=O) groups excluding carboxylic acids is 1. The number of urea groups is 1. The monoisotopic (exact) mass is 262 g/mol. The highest BCUT2D eigenvalue weighted by molar-refractivity contribution is 5.90. The third-order valence-corrected chi connectivity index (χ3v) is 3.44. The van der Waals surface area contributed by atoms with E-state index in [1.165, 1.54) is 0 Å². The Bertz CT molecular complexity index is 487. The lowest BCUT2D eigenvalue weighted by molar-refractivity contribution is -0.143. The zero-order chi connectivity index (χ0) is 13.8. The van der Waals surface area contributed by atoms with E-state index < -0.39 is 11.9 Å². The fourth-order valence-corrected chi connectivity index (χ4v) is 2.27. The molecule has 5 heteroatoms. The minimum Gasteiger partial charge on any atom is -0.481 e. The third-order valence-electron chi connectivity index (χ3n) is 3.44. The molecule has 2 amide bonds. The van der Waals surface area contributed by atoms with Crippen LogP contribution >= 0.6 is 0 Å². The molecule has 1 saturated heterocycles. The molecule has 1 aromatic carbocycles. The van der Waals surface area contributed by atoms with Crippen LogP contribution in [0, 0.1) is 12.8 Å². The van der Waals surface area contributed by atoms with E-state index >= 15 is 0 Å². The maximum atomic E-state index is 12.1. The van der Waals surface area contributed by atoms with Gasteiger partial charge in [-0.05, 0) is 31.4 Å². The number of carboxylic acids is 1. The lowest BCUT2D eigenvalue weighted by Crippen LogP contribution is -2.44. The predicted molar refractivity (Wildman–Crippen MR) is 72.1 cm³/mol. The van der Waals surface area contributed by atoms with Crippen LogP contribution in [0.3, 0.4) is 0 Å². The highest BCUT2D eigenvalue weighted by Crippen LogP contribution is 2.19. The van der Waals surface area contributed by atoms with E-state index in [4.69, 9.17) is 5.11 Å². The van der Waals surface area contributed by atoms with Crippen LogP contribution in [-0.4, -0.2) is 35.1 Å². The highest BCUT2D eigenvalue weighted by Gasteiger charge is 2.28. The van der Waals surface area contributed by atoms with Gasteiger partial charge in [0, 0.05) is 18.8 Å². The van der Waals surface area contributed by atoms with Gasteiger partial charge in [-0.1, -0.05) is 18.2 Å². The quantitative estimate of drug-likeness (QED) is 0.859. The summed E-state index contributed by atoms with van der Waals surface area (Å²) in [5.41, 5.74) is 1.76. The van der Waals surface area contributed by atoms with E-state index in [1.807, 2.05) is 31.2 Å². The topological polar surface area (TPSA) is 69.6 Å². The molecule has 0 saturated carbocycles. The summed E-state index contributed by atoms with van der Waals surface area (Å²) in [4.78, 5) is 24.7. The summed E-state index contributed by atoms with van der Waals surface area (Å²) in [5, 5.41) is 11.8. The van der Waals surface area contributed by atoms with Crippen molar-refractivity contribution >= 4 is 17.7 Å². The molecule has 1 fully saturated rings. The van der Waals surface area contributed by atoms with Gasteiger partial charge in [-0.2, -0.15) is 0 Å². The number of anilines is 1. The average molecular weight is 262 g/mol. The summed E-state index contributed by atoms with van der Waals surface area (Å²) in [7, 11) is 0. The van der Waals surface area contributed by atoms with Crippen LogP contribution in [0.5, 0.6) is 0 Å². The summed E-state index contributed by atoms with van der Waals surface area (Å²) in [6.07, 6.45) is 1.38. The summed E-state index contributed by atoms with van der Waals surface area (Å²) in [6.45, 7) is 2.82. The van der Waals surface area contributed by atoms with Crippen LogP contribution in [-0.2, 0) is 4.79 Å². The van der Waals surface area contributed by atoms with E-state index in [9.17, 15) is 9.59 Å². The molecule has 1 aliphatic rings. The van der Waals surface area contributed by atoms with Crippen LogP contribution in [0.2, 0.25) is 0 Å². The maximum absolute atomic E-state index is 12.1. The van der Waals surface area contributed by atoms with Crippen LogP contribution in [0.1, 0.15) is 18.4 Å². The van der Waals surface area contributed by atoms with Crippen molar-refractivity contribution in [2.75, 3.05) is 18.4 Å². The molecular formula is C14H18N2O3. The molecule has 2 N–H and O–H groups in total. The molecule has 2 rings (SSSR count). The normalized spacial score (nSPS) is 19.0. The van der Waals surface area contributed by atoms with Gasteiger partial charge in [0.15, 0.2) is 0 Å². The summed E-state index contributed by atoms with van der Waals surface area (Å²) in [6, 6.07) is 7.31. The fourth-order valence-electron chi connectivity index (χ4n) is 2.27. The molecule has 0 radical (unpaired) electrons. The minimum atomic E-state index is -0.826. The van der Waals surface area contributed by atoms with Crippen molar-refractivity contribution < 1.29 is 14.7 Å². The van der Waals surface area contributed by atoms with Gasteiger partial charge in [-0.15, -0.1) is 0 Å². The molecule has 0 spiro atoms. The second-order valence-electron chi connectivity index (χ2n) is 4.87. The van der Waals surface area contributed by atoms with Crippen molar-refractivity contribution in [3.8, 4) is 0 Å². The van der Waals surface area contributed by atoms with Gasteiger partial charge in [0.25, 0.3) is 0 Å². The SMILES string of the molecule is Cc1ccccc1NC(=O)N1CCC[C@@H](C(=O)O)C1. The van der Waals surface area contributed by atoms with Gasteiger partial charge in [-0.25, -0.2) is 4.79 Å². The number of rotatable bonds is 2. The van der Waals surface area contributed by atoms with Gasteiger partial charge >= 0.3 is 12.0 Å². The van der Waals surface area contributed by atoms with Crippen molar-refractivity contribution in [2.45, 2.75) is 19.8 Å². The molecule has 1 atom stereocenters. The Morgan fingerprint density at radius 3 is 2.79 bits per heavy atom. The number of hydrogen-bond acceptors (Lipinski definition) is 2. The van der Waals surface area contributed by atoms with Gasteiger partial charge in [0.05, 0.1) is 5.92 Å². The van der Waals surface area contributed by atoms with E-state index in [2.05, 4.69) is 5.32 Å². The number of amides is 2. The molecule has 1 aliphatic heterocycles. The molecule has 0 bridgehead atoms. The standard InChI is InChI=1S/C14H18N2O3/c1-10-5-2-3-7-12(10)15-14(19)16-8-4-6-11(9-16)13(17)18/h2-3,5,7,11H,4,6,8-9H2,1H3,(H,15,19)(H,17,18)/t11-/m1/s1. The number of aliphatic carboxylic acids is 1. The number of aryl methyl sites for hydroxylation is 1. The zero-order valence-electron chi connectivity index (χ0n) is 10.9. The Kier molecular flexibility index (Phi) is 4.04. The first-order chi connectivity index (χ1) is 9.08. The third kappa shape index (κ3) is 3.24. The number of nitrogens with one attached hydrogen (secondary N) is 1. The van der Waals surface area contributed by atoms with Gasteiger partial charge in [0.1, 0.15) is 0 Å². The van der Waals surface area contributed by atoms with Gasteiger partial charge in [-0.3, -0.25) is 4.79 Å². The lowest BCUT2D eigenvalue weighted by atomic mass is 9.99. The van der Waals surface area contributed by atoms with E-state index in [0.29, 0.717) is 13.0 Å². The Hall–Kier alpha value is -2.04. The molecule has 0 aliphatic carbocycles. The molecule has 1 heterocycles. The molecule has 0 unspecified atom stereocenters. The number of nitrogens with zero attached hydrogens (tertiary/aromatic N) is 1. The first-order valence-electron chi connectivity index (χ1n) is 6.42. The number of benzene rings is 1. The lowest BCUT2D eigenvalue weighted by Gasteiger charge is -2.30. The Morgan fingerprint density at radius 2 is 2.11 bits per heavy atom. The van der Waals surface area contributed by atoms with Crippen molar-refractivity contribution in [1.29, 1.82) is 0 Å². The largest absolute Gasteiger partial charge is 0.481 e. The molecule has 1 aromatic rings. The first-order valence-corrected chi connectivity index (χ1v) is 6.42. The summed E-state index contributed by atoms with van der Waals surface area (Å²) >= 11 is 0. The van der Waals surface area contributed by atoms with E-state index in [0.717, 1.165) is 17.7 Å². The Labute approximate surface area is 112 Å². The van der Waals surface area contributed by atoms with Gasteiger partial charge in [0.2, 0.25) is 0 Å². The van der Waals surface area contributed by atoms with Crippen LogP contribution in [0.15, 0.2) is 24.3 Å². The zero-order valence-corrected chi connectivity index (χ0v) is 10.9. The number of hydrogen-bond donors (Lipinski definition) is 2. The number of carboxylic acid groups (broad SMARTS) is 1. The molecule has 5 nitrogen and oxygen atoms in total. The maximum Gasteiger partial charge on any atom is 0.321 e. The van der Waals surface area contributed by atoms with Crippen LogP contribution in [0.4, 0.5) is 10.5 Å². The molecule has 19 heavy (non-hydrogen) atoms. The first kappa shape index (κ1) is 13.4. The van der Waals surface area contributed by atoms with Crippen molar-refractivity contribution in [2.24, 2.45) is 5.92 Å². The highest BCUT2D eigenvalue weighted by atomic mass is 16.4. The fraction of sp³-hybridized carbons (Fsp3) is 0.429. The second kappa shape index (κ2) is 5.73. The summed E-state index contributed by atoms with van der Waals surface area (Å²) < 4.78 is 0.